The van der Waals surface area contributed by atoms with Crippen LogP contribution in [0, 0.1) is 0 Å². The summed E-state index contributed by atoms with van der Waals surface area (Å²) in [6, 6.07) is 21.4. The van der Waals surface area contributed by atoms with E-state index in [0.29, 0.717) is 0 Å². The van der Waals surface area contributed by atoms with Crippen LogP contribution in [0.25, 0.3) is 11.1 Å². The normalized spacial score (nSPS) is 15.0. The molecule has 0 bridgehead atoms. The summed E-state index contributed by atoms with van der Waals surface area (Å²) in [5.74, 6) is -1.14. The van der Waals surface area contributed by atoms with Gasteiger partial charge in [0.2, 0.25) is 0 Å². The number of fused-ring (bicyclic) bond motifs is 3. The van der Waals surface area contributed by atoms with E-state index in [-0.39, 0.29) is 23.8 Å². The lowest BCUT2D eigenvalue weighted by molar-refractivity contribution is 0.0698. The number of carboxylic acid groups (broad SMARTS) is 1. The van der Waals surface area contributed by atoms with Gasteiger partial charge in [-0.2, -0.15) is 0 Å². The van der Waals surface area contributed by atoms with Gasteiger partial charge in [-0.05, 0) is 59.7 Å². The average Bonchev–Trinajstić information content (AvgIpc) is 3.17. The minimum atomic E-state index is -1.09. The van der Waals surface area contributed by atoms with Crippen LogP contribution in [0.2, 0.25) is 0 Å². The lowest BCUT2D eigenvalue weighted by atomic mass is 9.98. The first kappa shape index (κ1) is 21.1. The molecular formula is C27H26N2O4. The number of rotatable bonds is 5. The molecule has 6 heteroatoms. The van der Waals surface area contributed by atoms with Gasteiger partial charge >= 0.3 is 12.1 Å². The van der Waals surface area contributed by atoms with Crippen LogP contribution in [0.4, 0.5) is 16.2 Å². The maximum atomic E-state index is 12.7. The summed E-state index contributed by atoms with van der Waals surface area (Å²) in [6.45, 7) is 2.03. The summed E-state index contributed by atoms with van der Waals surface area (Å²) in [5.41, 5.74) is 5.78. The predicted octanol–water partition coefficient (Wildman–Crippen LogP) is 5.74. The van der Waals surface area contributed by atoms with Crippen LogP contribution in [0.3, 0.4) is 0 Å². The Kier molecular flexibility index (Phi) is 5.73. The van der Waals surface area contributed by atoms with Crippen LogP contribution in [0.15, 0.2) is 66.7 Å². The molecule has 33 heavy (non-hydrogen) atoms. The third kappa shape index (κ3) is 4.16. The van der Waals surface area contributed by atoms with Crippen LogP contribution in [0.1, 0.15) is 46.7 Å². The number of benzene rings is 3. The van der Waals surface area contributed by atoms with Gasteiger partial charge in [-0.1, -0.05) is 48.5 Å². The van der Waals surface area contributed by atoms with Gasteiger partial charge in [0.05, 0.1) is 11.3 Å². The van der Waals surface area contributed by atoms with E-state index in [1.807, 2.05) is 24.3 Å². The summed E-state index contributed by atoms with van der Waals surface area (Å²) in [4.78, 5) is 26.7. The number of hydrogen-bond donors (Lipinski definition) is 2. The maximum Gasteiger partial charge on any atom is 0.411 e. The molecule has 1 heterocycles. The first-order chi connectivity index (χ1) is 16.1. The van der Waals surface area contributed by atoms with Gasteiger partial charge in [-0.25, -0.2) is 9.59 Å². The molecule has 0 unspecified atom stereocenters. The average molecular weight is 443 g/mol. The van der Waals surface area contributed by atoms with Gasteiger partial charge in [0, 0.05) is 24.7 Å². The Labute approximate surface area is 192 Å². The second kappa shape index (κ2) is 8.98. The Bertz CT molecular complexity index is 1150. The first-order valence-corrected chi connectivity index (χ1v) is 11.4. The molecule has 1 fully saturated rings. The number of amides is 1. The molecular weight excluding hydrogens is 416 g/mol. The summed E-state index contributed by atoms with van der Waals surface area (Å²) in [7, 11) is 0. The van der Waals surface area contributed by atoms with E-state index in [2.05, 4.69) is 34.5 Å². The highest BCUT2D eigenvalue weighted by molar-refractivity contribution is 5.99. The summed E-state index contributed by atoms with van der Waals surface area (Å²) < 4.78 is 5.61. The van der Waals surface area contributed by atoms with Gasteiger partial charge in [-0.3, -0.25) is 5.32 Å². The first-order valence-electron chi connectivity index (χ1n) is 11.4. The Hall–Kier alpha value is -3.80. The minimum Gasteiger partial charge on any atom is -0.478 e. The van der Waals surface area contributed by atoms with Crippen molar-refractivity contribution in [3.63, 3.8) is 0 Å². The largest absolute Gasteiger partial charge is 0.478 e. The molecule has 6 nitrogen and oxygen atoms in total. The van der Waals surface area contributed by atoms with Crippen LogP contribution >= 0.6 is 0 Å². The zero-order chi connectivity index (χ0) is 22.8. The van der Waals surface area contributed by atoms with Crippen LogP contribution in [0.5, 0.6) is 0 Å². The van der Waals surface area contributed by atoms with Gasteiger partial charge in [0.1, 0.15) is 6.61 Å². The highest BCUT2D eigenvalue weighted by Crippen LogP contribution is 2.44. The molecule has 1 aliphatic heterocycles. The van der Waals surface area contributed by atoms with Crippen molar-refractivity contribution in [1.82, 2.24) is 0 Å². The number of nitrogens with one attached hydrogen (secondary N) is 1. The predicted molar refractivity (Wildman–Crippen MR) is 128 cm³/mol. The Morgan fingerprint density at radius 1 is 0.909 bits per heavy atom. The van der Waals surface area contributed by atoms with E-state index < -0.39 is 12.1 Å². The third-order valence-corrected chi connectivity index (χ3v) is 6.54. The van der Waals surface area contributed by atoms with Gasteiger partial charge in [0.25, 0.3) is 0 Å². The molecule has 0 atom stereocenters. The zero-order valence-electron chi connectivity index (χ0n) is 18.3. The number of aromatic carboxylic acids is 1. The highest BCUT2D eigenvalue weighted by atomic mass is 16.5. The summed E-state index contributed by atoms with van der Waals surface area (Å²) in [6.07, 6.45) is 2.76. The molecule has 5 rings (SSSR count). The van der Waals surface area contributed by atoms with E-state index >= 15 is 0 Å². The molecule has 3 aromatic rings. The van der Waals surface area contributed by atoms with Crippen LogP contribution in [-0.2, 0) is 4.74 Å². The number of ether oxygens (including phenoxy) is 1. The molecule has 0 spiro atoms. The molecule has 0 saturated carbocycles. The Morgan fingerprint density at radius 3 is 2.18 bits per heavy atom. The molecule has 0 radical (unpaired) electrons. The van der Waals surface area contributed by atoms with E-state index in [1.165, 1.54) is 6.42 Å². The van der Waals surface area contributed by atoms with Gasteiger partial charge < -0.3 is 14.7 Å². The highest BCUT2D eigenvalue weighted by Gasteiger charge is 2.29. The number of piperidine rings is 1. The molecule has 1 saturated heterocycles. The van der Waals surface area contributed by atoms with Crippen molar-refractivity contribution < 1.29 is 19.4 Å². The summed E-state index contributed by atoms with van der Waals surface area (Å²) >= 11 is 0. The Balaban J connectivity index is 1.33. The van der Waals surface area contributed by atoms with Crippen molar-refractivity contribution in [2.75, 3.05) is 29.9 Å². The number of carboxylic acids is 1. The second-order valence-corrected chi connectivity index (χ2v) is 8.53. The maximum absolute atomic E-state index is 12.7. The number of hydrogen-bond acceptors (Lipinski definition) is 4. The minimum absolute atomic E-state index is 0.0456. The summed E-state index contributed by atoms with van der Waals surface area (Å²) in [5, 5.41) is 12.3. The molecule has 2 aliphatic rings. The number of carbonyl (C=O) groups is 2. The van der Waals surface area contributed by atoms with Crippen molar-refractivity contribution in [3.05, 3.63) is 83.4 Å². The lowest BCUT2D eigenvalue weighted by Crippen LogP contribution is -2.29. The van der Waals surface area contributed by atoms with E-state index in [1.54, 1.807) is 18.2 Å². The topological polar surface area (TPSA) is 78.9 Å². The van der Waals surface area contributed by atoms with Gasteiger partial charge in [-0.15, -0.1) is 0 Å². The fraction of sp³-hybridized carbons (Fsp3) is 0.259. The Morgan fingerprint density at radius 2 is 1.55 bits per heavy atom. The molecule has 1 aliphatic carbocycles. The van der Waals surface area contributed by atoms with Crippen molar-refractivity contribution >= 4 is 23.4 Å². The molecule has 2 N–H and O–H groups in total. The fourth-order valence-corrected chi connectivity index (χ4v) is 4.92. The molecule has 0 aromatic heterocycles. The van der Waals surface area contributed by atoms with Gasteiger partial charge in [0.15, 0.2) is 0 Å². The zero-order valence-corrected chi connectivity index (χ0v) is 18.3. The van der Waals surface area contributed by atoms with E-state index in [0.717, 1.165) is 53.9 Å². The van der Waals surface area contributed by atoms with Crippen molar-refractivity contribution in [3.8, 4) is 11.1 Å². The number of carbonyl (C=O) groups excluding carboxylic acids is 1. The van der Waals surface area contributed by atoms with Crippen LogP contribution < -0.4 is 10.2 Å². The van der Waals surface area contributed by atoms with E-state index in [9.17, 15) is 14.7 Å². The van der Waals surface area contributed by atoms with Crippen molar-refractivity contribution in [2.45, 2.75) is 25.2 Å². The molecule has 1 amide bonds. The molecule has 168 valence electrons. The van der Waals surface area contributed by atoms with Crippen molar-refractivity contribution in [2.24, 2.45) is 0 Å². The second-order valence-electron chi connectivity index (χ2n) is 8.53. The lowest BCUT2D eigenvalue weighted by Gasteiger charge is -2.29. The number of anilines is 2. The fourth-order valence-electron chi connectivity index (χ4n) is 4.92. The van der Waals surface area contributed by atoms with Crippen molar-refractivity contribution in [1.29, 1.82) is 0 Å². The smallest absolute Gasteiger partial charge is 0.411 e. The third-order valence-electron chi connectivity index (χ3n) is 6.54. The standard InChI is InChI=1S/C27H26N2O4/c30-26(31)23-13-12-18(29-14-6-1-7-15-29)16-25(23)28-27(32)33-17-24-21-10-4-2-8-19(21)20-9-3-5-11-22(20)24/h2-5,8-13,16,24H,1,6-7,14-15,17H2,(H,28,32)(H,30,31). The quantitative estimate of drug-likeness (QED) is 0.527. The SMILES string of the molecule is O=C(Nc1cc(N2CCCCC2)ccc1C(=O)O)OCC1c2ccccc2-c2ccccc21. The van der Waals surface area contributed by atoms with E-state index in [4.69, 9.17) is 4.74 Å². The monoisotopic (exact) mass is 442 g/mol. The molecule has 3 aromatic carbocycles. The van der Waals surface area contributed by atoms with Crippen LogP contribution in [-0.4, -0.2) is 36.9 Å². The number of nitrogens with zero attached hydrogens (tertiary/aromatic N) is 1.